The molecule has 0 unspecified atom stereocenters. The fourth-order valence-electron chi connectivity index (χ4n) is 0.354. The summed E-state index contributed by atoms with van der Waals surface area (Å²) in [6.45, 7) is 6.26. The van der Waals surface area contributed by atoms with E-state index in [1.807, 2.05) is 0 Å². The molecule has 0 saturated heterocycles. The number of allylic oxidation sites excluding steroid dienone is 2. The van der Waals surface area contributed by atoms with E-state index in [0.717, 1.165) is 6.42 Å². The van der Waals surface area contributed by atoms with E-state index in [2.05, 4.69) is 33.4 Å². The first-order chi connectivity index (χ1) is 3.18. The maximum atomic E-state index is 4.20. The third-order valence-corrected chi connectivity index (χ3v) is 1.68. The van der Waals surface area contributed by atoms with E-state index in [9.17, 15) is 0 Å². The van der Waals surface area contributed by atoms with Gasteiger partial charge in [-0.1, -0.05) is 12.5 Å². The Hall–Kier alpha value is 0.0900. The summed E-state index contributed by atoms with van der Waals surface area (Å²) >= 11 is 4.20. The molecule has 0 aromatic rings. The molecular weight excluding hydrogens is 104 g/mol. The maximum absolute atomic E-state index is 4.20. The lowest BCUT2D eigenvalue weighted by atomic mass is 10.3. The number of hydrogen-bond acceptors (Lipinski definition) is 1. The summed E-state index contributed by atoms with van der Waals surface area (Å²) < 4.78 is 0. The normalized spacial score (nSPS) is 8.57. The van der Waals surface area contributed by atoms with Crippen LogP contribution in [0.3, 0.4) is 0 Å². The van der Waals surface area contributed by atoms with Crippen molar-refractivity contribution in [3.63, 3.8) is 0 Å². The van der Waals surface area contributed by atoms with Crippen molar-refractivity contribution in [3.8, 4) is 0 Å². The molecule has 1 heteroatoms. The highest BCUT2D eigenvalue weighted by Crippen LogP contribution is 2.10. The standard InChI is InChI=1S/C6H12S/c1-4-6(7)5(2)3/h7H,4H2,1-3H3. The van der Waals surface area contributed by atoms with Crippen LogP contribution in [0.15, 0.2) is 10.5 Å². The fourth-order valence-corrected chi connectivity index (χ4v) is 0.354. The van der Waals surface area contributed by atoms with E-state index >= 15 is 0 Å². The Morgan fingerprint density at radius 3 is 1.86 bits per heavy atom. The fraction of sp³-hybridized carbons (Fsp3) is 0.667. The topological polar surface area (TPSA) is 0 Å². The second-order valence-electron chi connectivity index (χ2n) is 1.80. The number of rotatable bonds is 1. The van der Waals surface area contributed by atoms with Crippen molar-refractivity contribution in [1.82, 2.24) is 0 Å². The molecular formula is C6H12S. The van der Waals surface area contributed by atoms with Gasteiger partial charge in [0.2, 0.25) is 0 Å². The highest BCUT2D eigenvalue weighted by molar-refractivity contribution is 7.84. The van der Waals surface area contributed by atoms with E-state index in [0.29, 0.717) is 0 Å². The van der Waals surface area contributed by atoms with Crippen molar-refractivity contribution in [1.29, 1.82) is 0 Å². The smallest absolute Gasteiger partial charge is 0.0200 e. The summed E-state index contributed by atoms with van der Waals surface area (Å²) in [5, 5.41) is 0. The third-order valence-electron chi connectivity index (χ3n) is 0.912. The van der Waals surface area contributed by atoms with E-state index in [1.165, 1.54) is 10.5 Å². The SMILES string of the molecule is CCC(S)=C(C)C. The van der Waals surface area contributed by atoms with Crippen LogP contribution in [0, 0.1) is 0 Å². The molecule has 0 bridgehead atoms. The maximum Gasteiger partial charge on any atom is -0.0200 e. The molecule has 0 amide bonds. The monoisotopic (exact) mass is 116 g/mol. The quantitative estimate of drug-likeness (QED) is 0.500. The molecule has 0 radical (unpaired) electrons. The van der Waals surface area contributed by atoms with Crippen molar-refractivity contribution in [2.75, 3.05) is 0 Å². The number of thiol groups is 1. The van der Waals surface area contributed by atoms with Gasteiger partial charge in [0.05, 0.1) is 0 Å². The molecule has 0 atom stereocenters. The van der Waals surface area contributed by atoms with Crippen LogP contribution in [0.1, 0.15) is 27.2 Å². The molecule has 0 spiro atoms. The van der Waals surface area contributed by atoms with Gasteiger partial charge >= 0.3 is 0 Å². The van der Waals surface area contributed by atoms with Gasteiger partial charge < -0.3 is 0 Å². The minimum absolute atomic E-state index is 1.06. The van der Waals surface area contributed by atoms with Gasteiger partial charge in [-0.25, -0.2) is 0 Å². The van der Waals surface area contributed by atoms with Crippen LogP contribution in [-0.4, -0.2) is 0 Å². The molecule has 0 rings (SSSR count). The predicted molar refractivity (Wildman–Crippen MR) is 37.7 cm³/mol. The molecule has 0 aliphatic rings. The molecule has 7 heavy (non-hydrogen) atoms. The van der Waals surface area contributed by atoms with E-state index in [1.54, 1.807) is 0 Å². The molecule has 0 aliphatic heterocycles. The second-order valence-corrected chi connectivity index (χ2v) is 2.34. The van der Waals surface area contributed by atoms with Crippen molar-refractivity contribution < 1.29 is 0 Å². The Kier molecular flexibility index (Phi) is 3.18. The van der Waals surface area contributed by atoms with Crippen LogP contribution in [0.25, 0.3) is 0 Å². The Balaban J connectivity index is 3.72. The highest BCUT2D eigenvalue weighted by Gasteiger charge is 1.84. The zero-order valence-electron chi connectivity index (χ0n) is 5.15. The third kappa shape index (κ3) is 2.75. The Bertz CT molecular complexity index is 78.2. The Morgan fingerprint density at radius 1 is 1.43 bits per heavy atom. The largest absolute Gasteiger partial charge is 0.148 e. The van der Waals surface area contributed by atoms with E-state index in [4.69, 9.17) is 0 Å². The summed E-state index contributed by atoms with van der Waals surface area (Å²) in [7, 11) is 0. The summed E-state index contributed by atoms with van der Waals surface area (Å²) in [6.07, 6.45) is 1.06. The molecule has 0 aromatic heterocycles. The predicted octanol–water partition coefficient (Wildman–Crippen LogP) is 2.62. The lowest BCUT2D eigenvalue weighted by Gasteiger charge is -1.93. The van der Waals surface area contributed by atoms with Crippen molar-refractivity contribution >= 4 is 12.6 Å². The zero-order chi connectivity index (χ0) is 5.86. The summed E-state index contributed by atoms with van der Waals surface area (Å²) in [5.41, 5.74) is 1.32. The van der Waals surface area contributed by atoms with Crippen LogP contribution in [0.2, 0.25) is 0 Å². The van der Waals surface area contributed by atoms with Gasteiger partial charge in [-0.2, -0.15) is 0 Å². The van der Waals surface area contributed by atoms with Crippen LogP contribution >= 0.6 is 12.6 Å². The lowest BCUT2D eigenvalue weighted by molar-refractivity contribution is 1.15. The van der Waals surface area contributed by atoms with E-state index < -0.39 is 0 Å². The van der Waals surface area contributed by atoms with Gasteiger partial charge in [0.15, 0.2) is 0 Å². The lowest BCUT2D eigenvalue weighted by Crippen LogP contribution is -1.70. The molecule has 0 heterocycles. The van der Waals surface area contributed by atoms with Gasteiger partial charge in [-0.15, -0.1) is 12.6 Å². The van der Waals surface area contributed by atoms with Gasteiger partial charge in [0.1, 0.15) is 0 Å². The minimum atomic E-state index is 1.06. The second kappa shape index (κ2) is 3.14. The molecule has 0 aliphatic carbocycles. The average molecular weight is 116 g/mol. The molecule has 0 N–H and O–H groups in total. The number of hydrogen-bond donors (Lipinski definition) is 1. The van der Waals surface area contributed by atoms with Crippen molar-refractivity contribution in [3.05, 3.63) is 10.5 Å². The van der Waals surface area contributed by atoms with Crippen LogP contribution in [0.4, 0.5) is 0 Å². The molecule has 0 nitrogen and oxygen atoms in total. The summed E-state index contributed by atoms with van der Waals surface area (Å²) in [4.78, 5) is 1.21. The van der Waals surface area contributed by atoms with Gasteiger partial charge in [0.25, 0.3) is 0 Å². The molecule has 0 aromatic carbocycles. The molecule has 0 saturated carbocycles. The van der Waals surface area contributed by atoms with Gasteiger partial charge in [0, 0.05) is 0 Å². The van der Waals surface area contributed by atoms with Crippen LogP contribution < -0.4 is 0 Å². The summed E-state index contributed by atoms with van der Waals surface area (Å²) in [6, 6.07) is 0. The summed E-state index contributed by atoms with van der Waals surface area (Å²) in [5.74, 6) is 0. The first kappa shape index (κ1) is 7.09. The van der Waals surface area contributed by atoms with Crippen molar-refractivity contribution in [2.45, 2.75) is 27.2 Å². The Morgan fingerprint density at radius 2 is 1.86 bits per heavy atom. The zero-order valence-corrected chi connectivity index (χ0v) is 6.05. The van der Waals surface area contributed by atoms with Gasteiger partial charge in [-0.3, -0.25) is 0 Å². The average Bonchev–Trinajstić information content (AvgIpc) is 1.65. The minimum Gasteiger partial charge on any atom is -0.148 e. The first-order valence-electron chi connectivity index (χ1n) is 2.53. The van der Waals surface area contributed by atoms with E-state index in [-0.39, 0.29) is 0 Å². The van der Waals surface area contributed by atoms with Crippen molar-refractivity contribution in [2.24, 2.45) is 0 Å². The molecule has 0 fully saturated rings. The molecule has 42 valence electrons. The highest BCUT2D eigenvalue weighted by atomic mass is 32.1. The van der Waals surface area contributed by atoms with Crippen LogP contribution in [0.5, 0.6) is 0 Å². The van der Waals surface area contributed by atoms with Gasteiger partial charge in [-0.05, 0) is 25.2 Å². The van der Waals surface area contributed by atoms with Crippen LogP contribution in [-0.2, 0) is 0 Å². The first-order valence-corrected chi connectivity index (χ1v) is 2.98. The Labute approximate surface area is 51.0 Å².